The van der Waals surface area contributed by atoms with Gasteiger partial charge in [-0.3, -0.25) is 4.57 Å². The Morgan fingerprint density at radius 3 is 2.56 bits per heavy atom. The molecule has 1 aromatic heterocycles. The molecule has 0 spiro atoms. The molecule has 0 N–H and O–H groups in total. The minimum Gasteiger partial charge on any atom is -0.416 e. The molecule has 0 atom stereocenters. The molecule has 9 heavy (non-hydrogen) atoms. The van der Waals surface area contributed by atoms with Gasteiger partial charge in [-0.2, -0.15) is 0 Å². The van der Waals surface area contributed by atoms with Crippen molar-refractivity contribution in [1.82, 2.24) is 4.57 Å². The van der Waals surface area contributed by atoms with Gasteiger partial charge in [0.1, 0.15) is 6.26 Å². The molecule has 3 nitrogen and oxygen atoms in total. The van der Waals surface area contributed by atoms with Gasteiger partial charge in [-0.15, -0.1) is 0 Å². The Labute approximate surface area is 52.9 Å². The highest BCUT2D eigenvalue weighted by molar-refractivity contribution is 4.72. The first-order chi connectivity index (χ1) is 4.22. The quantitative estimate of drug-likeness (QED) is 0.564. The van der Waals surface area contributed by atoms with Gasteiger partial charge in [0.2, 0.25) is 0 Å². The van der Waals surface area contributed by atoms with Crippen LogP contribution in [0, 0.1) is 0 Å². The number of nitrogens with zero attached hydrogens (tertiary/aromatic N) is 1. The summed E-state index contributed by atoms with van der Waals surface area (Å²) in [5.41, 5.74) is 0. The highest BCUT2D eigenvalue weighted by Crippen LogP contribution is 1.97. The van der Waals surface area contributed by atoms with E-state index in [9.17, 15) is 4.79 Å². The van der Waals surface area contributed by atoms with E-state index in [1.807, 2.05) is 13.8 Å². The van der Waals surface area contributed by atoms with Crippen LogP contribution in [0.25, 0.3) is 0 Å². The summed E-state index contributed by atoms with van der Waals surface area (Å²) in [6.07, 6.45) is 3.02. The molecule has 0 aliphatic rings. The van der Waals surface area contributed by atoms with Crippen molar-refractivity contribution in [3.8, 4) is 0 Å². The highest BCUT2D eigenvalue weighted by Gasteiger charge is 1.99. The smallest absolute Gasteiger partial charge is 0.416 e. The standard InChI is InChI=1S/C6H9NO2/c1-5(2)7-3-4-9-6(7)8/h3-5H,1-2H3. The summed E-state index contributed by atoms with van der Waals surface area (Å²) in [5, 5.41) is 0. The third kappa shape index (κ3) is 1.04. The maximum atomic E-state index is 10.7. The lowest BCUT2D eigenvalue weighted by molar-refractivity contribution is 0.456. The van der Waals surface area contributed by atoms with E-state index in [-0.39, 0.29) is 11.8 Å². The van der Waals surface area contributed by atoms with Crippen LogP contribution in [0.15, 0.2) is 21.7 Å². The van der Waals surface area contributed by atoms with Crippen LogP contribution in [0.1, 0.15) is 19.9 Å². The van der Waals surface area contributed by atoms with E-state index < -0.39 is 0 Å². The van der Waals surface area contributed by atoms with E-state index in [1.165, 1.54) is 10.8 Å². The third-order valence-electron chi connectivity index (χ3n) is 1.16. The van der Waals surface area contributed by atoms with Crippen LogP contribution in [-0.2, 0) is 0 Å². The van der Waals surface area contributed by atoms with Crippen LogP contribution >= 0.6 is 0 Å². The van der Waals surface area contributed by atoms with E-state index in [0.29, 0.717) is 0 Å². The van der Waals surface area contributed by atoms with E-state index in [4.69, 9.17) is 0 Å². The normalized spacial score (nSPS) is 10.6. The Morgan fingerprint density at radius 1 is 1.67 bits per heavy atom. The van der Waals surface area contributed by atoms with E-state index in [0.717, 1.165) is 0 Å². The van der Waals surface area contributed by atoms with Crippen molar-refractivity contribution in [2.75, 3.05) is 0 Å². The predicted molar refractivity (Wildman–Crippen MR) is 33.4 cm³/mol. The van der Waals surface area contributed by atoms with Gasteiger partial charge in [-0.05, 0) is 13.8 Å². The summed E-state index contributed by atoms with van der Waals surface area (Å²) >= 11 is 0. The Hall–Kier alpha value is -0.990. The molecule has 0 aromatic carbocycles. The van der Waals surface area contributed by atoms with Crippen LogP contribution in [0.5, 0.6) is 0 Å². The fourth-order valence-electron chi connectivity index (χ4n) is 0.659. The van der Waals surface area contributed by atoms with Gasteiger partial charge < -0.3 is 4.42 Å². The molecule has 0 saturated carbocycles. The van der Waals surface area contributed by atoms with Crippen molar-refractivity contribution in [3.05, 3.63) is 23.0 Å². The zero-order valence-corrected chi connectivity index (χ0v) is 5.50. The van der Waals surface area contributed by atoms with Crippen LogP contribution in [0.3, 0.4) is 0 Å². The lowest BCUT2D eigenvalue weighted by Crippen LogP contribution is -2.14. The van der Waals surface area contributed by atoms with Crippen molar-refractivity contribution in [3.63, 3.8) is 0 Å². The third-order valence-corrected chi connectivity index (χ3v) is 1.16. The molecule has 50 valence electrons. The largest absolute Gasteiger partial charge is 0.419 e. The lowest BCUT2D eigenvalue weighted by atomic mass is 10.4. The van der Waals surface area contributed by atoms with Gasteiger partial charge in [0.15, 0.2) is 0 Å². The van der Waals surface area contributed by atoms with Gasteiger partial charge in [0.25, 0.3) is 0 Å². The number of rotatable bonds is 1. The van der Waals surface area contributed by atoms with Crippen molar-refractivity contribution >= 4 is 0 Å². The molecule has 1 heterocycles. The molecule has 1 aromatic rings. The first-order valence-electron chi connectivity index (χ1n) is 2.87. The number of hydrogen-bond acceptors (Lipinski definition) is 2. The molecule has 0 aliphatic heterocycles. The second-order valence-electron chi connectivity index (χ2n) is 2.17. The molecule has 0 bridgehead atoms. The maximum absolute atomic E-state index is 10.7. The first kappa shape index (κ1) is 6.13. The average Bonchev–Trinajstić information content (AvgIpc) is 2.13. The van der Waals surface area contributed by atoms with Crippen LogP contribution in [0.4, 0.5) is 0 Å². The molecule has 3 heteroatoms. The minimum absolute atomic E-state index is 0.191. The van der Waals surface area contributed by atoms with Crippen molar-refractivity contribution in [2.24, 2.45) is 0 Å². The highest BCUT2D eigenvalue weighted by atomic mass is 16.4. The van der Waals surface area contributed by atoms with Gasteiger partial charge in [-0.1, -0.05) is 0 Å². The van der Waals surface area contributed by atoms with Crippen LogP contribution in [-0.4, -0.2) is 4.57 Å². The molecule has 0 saturated heterocycles. The van der Waals surface area contributed by atoms with Crippen LogP contribution in [0.2, 0.25) is 0 Å². The van der Waals surface area contributed by atoms with E-state index in [2.05, 4.69) is 4.42 Å². The Kier molecular flexibility index (Phi) is 1.42. The molecule has 0 unspecified atom stereocenters. The van der Waals surface area contributed by atoms with Gasteiger partial charge in [0, 0.05) is 12.2 Å². The minimum atomic E-state index is -0.287. The molecule has 0 aliphatic carbocycles. The van der Waals surface area contributed by atoms with E-state index in [1.54, 1.807) is 6.20 Å². The summed E-state index contributed by atoms with van der Waals surface area (Å²) in [4.78, 5) is 10.7. The van der Waals surface area contributed by atoms with Crippen LogP contribution < -0.4 is 5.76 Å². The summed E-state index contributed by atoms with van der Waals surface area (Å²) in [5.74, 6) is -0.287. The molecule has 0 fully saturated rings. The summed E-state index contributed by atoms with van der Waals surface area (Å²) in [6.45, 7) is 3.86. The Morgan fingerprint density at radius 2 is 2.33 bits per heavy atom. The summed E-state index contributed by atoms with van der Waals surface area (Å²) < 4.78 is 6.06. The van der Waals surface area contributed by atoms with Gasteiger partial charge >= 0.3 is 5.76 Å². The fraction of sp³-hybridized carbons (Fsp3) is 0.500. The first-order valence-corrected chi connectivity index (χ1v) is 2.87. The second kappa shape index (κ2) is 2.09. The predicted octanol–water partition coefficient (Wildman–Crippen LogP) is 1.02. The van der Waals surface area contributed by atoms with Gasteiger partial charge in [0.05, 0.1) is 0 Å². The maximum Gasteiger partial charge on any atom is 0.419 e. The number of aromatic nitrogens is 1. The van der Waals surface area contributed by atoms with Gasteiger partial charge in [-0.25, -0.2) is 4.79 Å². The van der Waals surface area contributed by atoms with Crippen molar-refractivity contribution in [2.45, 2.75) is 19.9 Å². The number of oxazole rings is 1. The topological polar surface area (TPSA) is 35.1 Å². The monoisotopic (exact) mass is 127 g/mol. The van der Waals surface area contributed by atoms with E-state index >= 15 is 0 Å². The lowest BCUT2D eigenvalue weighted by Gasteiger charge is -2.00. The molecular formula is C6H9NO2. The SMILES string of the molecule is CC(C)n1ccoc1=O. The zero-order chi connectivity index (χ0) is 6.85. The molecule has 1 rings (SSSR count). The Bertz CT molecular complexity index is 233. The van der Waals surface area contributed by atoms with Crippen molar-refractivity contribution < 1.29 is 4.42 Å². The second-order valence-corrected chi connectivity index (χ2v) is 2.17. The molecular weight excluding hydrogens is 118 g/mol. The zero-order valence-electron chi connectivity index (χ0n) is 5.50. The average molecular weight is 127 g/mol. The Balaban J connectivity index is 3.08. The van der Waals surface area contributed by atoms with Crippen molar-refractivity contribution in [1.29, 1.82) is 0 Å². The summed E-state index contributed by atoms with van der Waals surface area (Å²) in [6, 6.07) is 0.191. The fourth-order valence-corrected chi connectivity index (χ4v) is 0.659. The molecule has 0 radical (unpaired) electrons. The summed E-state index contributed by atoms with van der Waals surface area (Å²) in [7, 11) is 0. The molecule has 0 amide bonds. The number of hydrogen-bond donors (Lipinski definition) is 0.